The predicted molar refractivity (Wildman–Crippen MR) is 74.0 cm³/mol. The van der Waals surface area contributed by atoms with Crippen LogP contribution in [0.25, 0.3) is 0 Å². The summed E-state index contributed by atoms with van der Waals surface area (Å²) in [5.41, 5.74) is 1.74. The minimum Gasteiger partial charge on any atom is -0.372 e. The molecular weight excluding hydrogens is 212 g/mol. The minimum absolute atomic E-state index is 0.281. The van der Waals surface area contributed by atoms with Gasteiger partial charge in [0.25, 0.3) is 0 Å². The van der Waals surface area contributed by atoms with Crippen LogP contribution < -0.4 is 9.96 Å². The molecule has 3 nitrogen and oxygen atoms in total. The van der Waals surface area contributed by atoms with E-state index in [4.69, 9.17) is 0 Å². The lowest BCUT2D eigenvalue weighted by atomic mass is 10.1. The van der Waals surface area contributed by atoms with Crippen LogP contribution in [0.3, 0.4) is 0 Å². The van der Waals surface area contributed by atoms with E-state index in [2.05, 4.69) is 30.9 Å². The Morgan fingerprint density at radius 1 is 0.941 bits per heavy atom. The molecule has 0 saturated carbocycles. The highest BCUT2D eigenvalue weighted by molar-refractivity contribution is 5.55. The van der Waals surface area contributed by atoms with Crippen LogP contribution in [0.4, 0.5) is 11.4 Å². The quantitative estimate of drug-likeness (QED) is 0.810. The van der Waals surface area contributed by atoms with Gasteiger partial charge < -0.3 is 4.90 Å². The second-order valence-electron chi connectivity index (χ2n) is 5.17. The Morgan fingerprint density at radius 2 is 1.35 bits per heavy atom. The van der Waals surface area contributed by atoms with Crippen molar-refractivity contribution < 1.29 is 5.21 Å². The third-order valence-corrected chi connectivity index (χ3v) is 2.86. The summed E-state index contributed by atoms with van der Waals surface area (Å²) in [6.07, 6.45) is 0. The van der Waals surface area contributed by atoms with Gasteiger partial charge in [-0.05, 0) is 58.9 Å². The van der Waals surface area contributed by atoms with E-state index in [1.165, 1.54) is 10.8 Å². The zero-order valence-corrected chi connectivity index (χ0v) is 11.6. The number of rotatable bonds is 4. The lowest BCUT2D eigenvalue weighted by Gasteiger charge is -2.31. The number of nitrogens with zero attached hydrogens (tertiary/aromatic N) is 2. The summed E-state index contributed by atoms with van der Waals surface area (Å²) < 4.78 is 0. The first-order valence-electron chi connectivity index (χ1n) is 6.24. The van der Waals surface area contributed by atoms with E-state index in [0.29, 0.717) is 0 Å². The van der Waals surface area contributed by atoms with Crippen molar-refractivity contribution in [3.63, 3.8) is 0 Å². The van der Waals surface area contributed by atoms with Gasteiger partial charge in [-0.15, -0.1) is 0 Å². The van der Waals surface area contributed by atoms with Gasteiger partial charge in [0, 0.05) is 18.8 Å². The fourth-order valence-electron chi connectivity index (χ4n) is 1.78. The van der Waals surface area contributed by atoms with Gasteiger partial charge in [-0.1, -0.05) is 0 Å². The van der Waals surface area contributed by atoms with Crippen molar-refractivity contribution in [2.45, 2.75) is 40.2 Å². The van der Waals surface area contributed by atoms with Crippen LogP contribution in [0.15, 0.2) is 24.3 Å². The normalized spacial score (nSPS) is 11.4. The third kappa shape index (κ3) is 3.37. The largest absolute Gasteiger partial charge is 0.372 e. The Kier molecular flexibility index (Phi) is 4.40. The van der Waals surface area contributed by atoms with Crippen LogP contribution in [0.1, 0.15) is 34.6 Å². The molecule has 1 N–H and O–H groups in total. The molecule has 96 valence electrons. The molecule has 1 rings (SSSR count). The topological polar surface area (TPSA) is 26.7 Å². The van der Waals surface area contributed by atoms with E-state index in [-0.39, 0.29) is 5.54 Å². The summed E-state index contributed by atoms with van der Waals surface area (Å²) in [6, 6.07) is 8.02. The summed E-state index contributed by atoms with van der Waals surface area (Å²) in [7, 11) is 0. The highest BCUT2D eigenvalue weighted by atomic mass is 16.5. The van der Waals surface area contributed by atoms with Gasteiger partial charge in [-0.25, -0.2) is 0 Å². The van der Waals surface area contributed by atoms with Crippen molar-refractivity contribution in [3.05, 3.63) is 24.3 Å². The van der Waals surface area contributed by atoms with Crippen LogP contribution in [0, 0.1) is 0 Å². The second kappa shape index (κ2) is 5.41. The lowest BCUT2D eigenvalue weighted by Crippen LogP contribution is -2.38. The zero-order valence-electron chi connectivity index (χ0n) is 11.6. The molecule has 1 aromatic rings. The first-order valence-corrected chi connectivity index (χ1v) is 6.24. The van der Waals surface area contributed by atoms with Gasteiger partial charge in [-0.2, -0.15) is 0 Å². The molecule has 0 radical (unpaired) electrons. The Labute approximate surface area is 105 Å². The summed E-state index contributed by atoms with van der Waals surface area (Å²) in [5, 5.41) is 11.3. The van der Waals surface area contributed by atoms with Gasteiger partial charge >= 0.3 is 0 Å². The van der Waals surface area contributed by atoms with E-state index in [0.717, 1.165) is 18.8 Å². The van der Waals surface area contributed by atoms with Crippen LogP contribution in [0.2, 0.25) is 0 Å². The molecule has 0 fully saturated rings. The summed E-state index contributed by atoms with van der Waals surface area (Å²) in [5.74, 6) is 0. The number of hydroxylamine groups is 1. The molecule has 0 amide bonds. The average Bonchev–Trinajstić information content (AvgIpc) is 2.29. The number of hydrogen-bond acceptors (Lipinski definition) is 3. The fraction of sp³-hybridized carbons (Fsp3) is 0.571. The van der Waals surface area contributed by atoms with Crippen molar-refractivity contribution in [1.82, 2.24) is 0 Å². The molecule has 3 heteroatoms. The molecule has 0 aliphatic carbocycles. The first kappa shape index (κ1) is 13.8. The number of hydrogen-bond donors (Lipinski definition) is 1. The number of anilines is 2. The SMILES string of the molecule is CCN(CC)c1ccc(N(O)C(C)(C)C)cc1. The molecule has 0 saturated heterocycles. The van der Waals surface area contributed by atoms with Gasteiger partial charge in [-0.3, -0.25) is 10.3 Å². The molecule has 0 unspecified atom stereocenters. The van der Waals surface area contributed by atoms with Crippen LogP contribution in [-0.2, 0) is 0 Å². The molecule has 0 bridgehead atoms. The van der Waals surface area contributed by atoms with Crippen LogP contribution in [-0.4, -0.2) is 23.8 Å². The van der Waals surface area contributed by atoms with E-state index in [9.17, 15) is 5.21 Å². The fourth-order valence-corrected chi connectivity index (χ4v) is 1.78. The van der Waals surface area contributed by atoms with Crippen molar-refractivity contribution in [1.29, 1.82) is 0 Å². The van der Waals surface area contributed by atoms with Crippen LogP contribution >= 0.6 is 0 Å². The molecular formula is C14H24N2O. The maximum absolute atomic E-state index is 10.0. The molecule has 0 atom stereocenters. The predicted octanol–water partition coefficient (Wildman–Crippen LogP) is 3.53. The molecule has 0 aliphatic rings. The lowest BCUT2D eigenvalue weighted by molar-refractivity contribution is 0.181. The van der Waals surface area contributed by atoms with Gasteiger partial charge in [0.1, 0.15) is 0 Å². The molecule has 0 aliphatic heterocycles. The molecule has 0 spiro atoms. The molecule has 0 aromatic heterocycles. The Bertz CT molecular complexity index is 336. The minimum atomic E-state index is -0.281. The van der Waals surface area contributed by atoms with E-state index in [1.54, 1.807) is 0 Å². The van der Waals surface area contributed by atoms with Gasteiger partial charge in [0.15, 0.2) is 0 Å². The van der Waals surface area contributed by atoms with Crippen molar-refractivity contribution >= 4 is 11.4 Å². The Hall–Kier alpha value is -1.22. The maximum Gasteiger partial charge on any atom is 0.0641 e. The van der Waals surface area contributed by atoms with Crippen molar-refractivity contribution in [2.24, 2.45) is 0 Å². The van der Waals surface area contributed by atoms with Gasteiger partial charge in [0.05, 0.1) is 11.2 Å². The number of benzene rings is 1. The molecule has 1 aromatic carbocycles. The smallest absolute Gasteiger partial charge is 0.0641 e. The zero-order chi connectivity index (χ0) is 13.1. The molecule has 0 heterocycles. The Morgan fingerprint density at radius 3 is 1.71 bits per heavy atom. The van der Waals surface area contributed by atoms with E-state index < -0.39 is 0 Å². The third-order valence-electron chi connectivity index (χ3n) is 2.86. The highest BCUT2D eigenvalue weighted by Crippen LogP contribution is 2.24. The van der Waals surface area contributed by atoms with Crippen molar-refractivity contribution in [2.75, 3.05) is 23.1 Å². The summed E-state index contributed by atoms with van der Waals surface area (Å²) in [6.45, 7) is 12.2. The monoisotopic (exact) mass is 236 g/mol. The first-order chi connectivity index (χ1) is 7.90. The van der Waals surface area contributed by atoms with Crippen LogP contribution in [0.5, 0.6) is 0 Å². The maximum atomic E-state index is 10.0. The average molecular weight is 236 g/mol. The highest BCUT2D eigenvalue weighted by Gasteiger charge is 2.19. The summed E-state index contributed by atoms with van der Waals surface area (Å²) >= 11 is 0. The molecule has 17 heavy (non-hydrogen) atoms. The second-order valence-corrected chi connectivity index (χ2v) is 5.17. The van der Waals surface area contributed by atoms with Gasteiger partial charge in [0.2, 0.25) is 0 Å². The summed E-state index contributed by atoms with van der Waals surface area (Å²) in [4.78, 5) is 2.28. The van der Waals surface area contributed by atoms with E-state index in [1.807, 2.05) is 32.9 Å². The standard InChI is InChI=1S/C14H24N2O/c1-6-15(7-2)12-8-10-13(11-9-12)16(17)14(3,4)5/h8-11,17H,6-7H2,1-5H3. The Balaban J connectivity index is 2.88. The van der Waals surface area contributed by atoms with E-state index >= 15 is 0 Å². The van der Waals surface area contributed by atoms with Crippen molar-refractivity contribution in [3.8, 4) is 0 Å².